The highest BCUT2D eigenvalue weighted by molar-refractivity contribution is 5.78. The van der Waals surface area contributed by atoms with Gasteiger partial charge in [-0.05, 0) is 37.1 Å². The van der Waals surface area contributed by atoms with Crippen molar-refractivity contribution in [2.75, 3.05) is 39.3 Å². The first-order valence-electron chi connectivity index (χ1n) is 10.4. The van der Waals surface area contributed by atoms with Crippen LogP contribution in [0.25, 0.3) is 11.3 Å². The molecule has 7 nitrogen and oxygen atoms in total. The molecule has 1 saturated heterocycles. The molecule has 0 saturated carbocycles. The van der Waals surface area contributed by atoms with E-state index in [0.717, 1.165) is 31.5 Å². The van der Waals surface area contributed by atoms with Crippen molar-refractivity contribution in [1.29, 1.82) is 0 Å². The van der Waals surface area contributed by atoms with E-state index in [0.29, 0.717) is 17.2 Å². The smallest absolute Gasteiger partial charge is 0.329 e. The number of hydrogen-bond acceptors (Lipinski definition) is 5. The molecule has 0 atom stereocenters. The Balaban J connectivity index is 1.43. The van der Waals surface area contributed by atoms with E-state index in [1.54, 1.807) is 37.4 Å². The molecule has 1 aliphatic rings. The molecule has 1 aromatic heterocycles. The largest absolute Gasteiger partial charge is 0.497 e. The Bertz CT molecular complexity index is 1000. The molecule has 0 aliphatic carbocycles. The van der Waals surface area contributed by atoms with Gasteiger partial charge in [0.15, 0.2) is 0 Å². The van der Waals surface area contributed by atoms with Gasteiger partial charge < -0.3 is 19.3 Å². The molecule has 0 bridgehead atoms. The Morgan fingerprint density at radius 1 is 1.03 bits per heavy atom. The minimum atomic E-state index is -0.0771. The maximum Gasteiger partial charge on any atom is 0.329 e. The fraction of sp³-hybridized carbons (Fsp3) is 0.333. The van der Waals surface area contributed by atoms with Crippen LogP contribution >= 0.6 is 0 Å². The predicted octanol–water partition coefficient (Wildman–Crippen LogP) is 4.14. The van der Waals surface area contributed by atoms with Gasteiger partial charge in [0.25, 0.3) is 0 Å². The van der Waals surface area contributed by atoms with Crippen LogP contribution < -0.4 is 14.4 Å². The number of hydrogen-bond donors (Lipinski definition) is 0. The minimum absolute atomic E-state index is 0.0771. The third kappa shape index (κ3) is 4.50. The topological polar surface area (TPSA) is 59.8 Å². The van der Waals surface area contributed by atoms with Gasteiger partial charge in [0.2, 0.25) is 0 Å². The van der Waals surface area contributed by atoms with Gasteiger partial charge in [-0.1, -0.05) is 18.2 Å². The summed E-state index contributed by atoms with van der Waals surface area (Å²) in [5, 5.41) is 0. The van der Waals surface area contributed by atoms with Gasteiger partial charge >= 0.3 is 6.03 Å². The van der Waals surface area contributed by atoms with E-state index >= 15 is 0 Å². The molecular weight excluding hydrogens is 392 g/mol. The number of carbonyl (C=O) groups excluding carboxylic acids is 1. The first kappa shape index (κ1) is 20.8. The number of aromatic nitrogens is 2. The highest BCUT2D eigenvalue weighted by Gasteiger charge is 2.26. The highest BCUT2D eigenvalue weighted by atomic mass is 16.5. The van der Waals surface area contributed by atoms with Crippen molar-refractivity contribution in [3.05, 3.63) is 61.1 Å². The minimum Gasteiger partial charge on any atom is -0.497 e. The van der Waals surface area contributed by atoms with E-state index in [-0.39, 0.29) is 12.1 Å². The molecule has 1 aliphatic heterocycles. The third-order valence-electron chi connectivity index (χ3n) is 5.89. The molecule has 162 valence electrons. The number of para-hydroxylation sites is 1. The van der Waals surface area contributed by atoms with Gasteiger partial charge in [0.05, 0.1) is 19.9 Å². The van der Waals surface area contributed by atoms with E-state index in [2.05, 4.69) is 34.1 Å². The van der Waals surface area contributed by atoms with Crippen molar-refractivity contribution in [3.63, 3.8) is 0 Å². The first-order valence-corrected chi connectivity index (χ1v) is 10.4. The highest BCUT2D eigenvalue weighted by Crippen LogP contribution is 2.29. The molecular formula is C24H28N4O3. The van der Waals surface area contributed by atoms with E-state index in [1.165, 1.54) is 5.69 Å². The molecule has 2 heterocycles. The summed E-state index contributed by atoms with van der Waals surface area (Å²) in [6.45, 7) is 1.87. The fourth-order valence-electron chi connectivity index (χ4n) is 4.02. The third-order valence-corrected chi connectivity index (χ3v) is 5.89. The average Bonchev–Trinajstić information content (AvgIpc) is 3.34. The van der Waals surface area contributed by atoms with E-state index in [4.69, 9.17) is 9.47 Å². The van der Waals surface area contributed by atoms with Crippen LogP contribution in [0.3, 0.4) is 0 Å². The molecule has 1 fully saturated rings. The zero-order valence-electron chi connectivity index (χ0n) is 18.2. The number of nitrogens with zero attached hydrogens (tertiary/aromatic N) is 4. The van der Waals surface area contributed by atoms with E-state index in [1.807, 2.05) is 30.1 Å². The standard InChI is InChI=1S/C24H28N4O3/c1-26(19-9-11-27(12-10-19)20-7-5-4-6-8-20)24(29)28-16-23(25-17-28)18-13-21(30-2)15-22(14-18)31-3/h4-8,13-17,19H,9-12H2,1-3H3. The number of amides is 1. The van der Waals surface area contributed by atoms with Crippen LogP contribution in [-0.4, -0.2) is 60.9 Å². The van der Waals surface area contributed by atoms with Crippen molar-refractivity contribution in [2.24, 2.45) is 0 Å². The van der Waals surface area contributed by atoms with Gasteiger partial charge in [0, 0.05) is 49.7 Å². The van der Waals surface area contributed by atoms with Gasteiger partial charge in [-0.25, -0.2) is 9.78 Å². The summed E-state index contributed by atoms with van der Waals surface area (Å²) in [4.78, 5) is 21.7. The number of carbonyl (C=O) groups is 1. The monoisotopic (exact) mass is 420 g/mol. The number of anilines is 1. The van der Waals surface area contributed by atoms with E-state index < -0.39 is 0 Å². The quantitative estimate of drug-likeness (QED) is 0.621. The molecule has 0 N–H and O–H groups in total. The summed E-state index contributed by atoms with van der Waals surface area (Å²) in [7, 11) is 5.09. The zero-order valence-corrected chi connectivity index (χ0v) is 18.2. The molecule has 7 heteroatoms. The summed E-state index contributed by atoms with van der Waals surface area (Å²) >= 11 is 0. The number of benzene rings is 2. The molecule has 4 rings (SSSR count). The number of piperidine rings is 1. The van der Waals surface area contributed by atoms with Crippen molar-refractivity contribution in [3.8, 4) is 22.8 Å². The van der Waals surface area contributed by atoms with Crippen LogP contribution in [0.15, 0.2) is 61.1 Å². The number of methoxy groups -OCH3 is 2. The Hall–Kier alpha value is -3.48. The molecule has 0 radical (unpaired) electrons. The van der Waals surface area contributed by atoms with Crippen LogP contribution in [0.1, 0.15) is 12.8 Å². The van der Waals surface area contributed by atoms with Gasteiger partial charge in [0.1, 0.15) is 17.8 Å². The Morgan fingerprint density at radius 3 is 2.29 bits per heavy atom. The lowest BCUT2D eigenvalue weighted by Crippen LogP contribution is -2.46. The Kier molecular flexibility index (Phi) is 6.11. The molecule has 3 aromatic rings. The average molecular weight is 421 g/mol. The maximum atomic E-state index is 13.1. The van der Waals surface area contributed by atoms with Crippen molar-refractivity contribution >= 4 is 11.7 Å². The van der Waals surface area contributed by atoms with Crippen LogP contribution in [0, 0.1) is 0 Å². The summed E-state index contributed by atoms with van der Waals surface area (Å²) < 4.78 is 12.2. The number of rotatable bonds is 5. The summed E-state index contributed by atoms with van der Waals surface area (Å²) in [6, 6.07) is 16.1. The van der Waals surface area contributed by atoms with Gasteiger partial charge in [-0.3, -0.25) is 4.57 Å². The summed E-state index contributed by atoms with van der Waals surface area (Å²) in [5.74, 6) is 1.36. The second-order valence-electron chi connectivity index (χ2n) is 7.71. The predicted molar refractivity (Wildman–Crippen MR) is 121 cm³/mol. The second-order valence-corrected chi connectivity index (χ2v) is 7.71. The van der Waals surface area contributed by atoms with E-state index in [9.17, 15) is 4.79 Å². The van der Waals surface area contributed by atoms with Crippen LogP contribution in [0.4, 0.5) is 10.5 Å². The lowest BCUT2D eigenvalue weighted by atomic mass is 10.0. The molecule has 1 amide bonds. The van der Waals surface area contributed by atoms with Crippen LogP contribution in [-0.2, 0) is 0 Å². The number of ether oxygens (including phenoxy) is 2. The Labute approximate surface area is 182 Å². The summed E-state index contributed by atoms with van der Waals surface area (Å²) in [5.41, 5.74) is 2.77. The second kappa shape index (κ2) is 9.12. The van der Waals surface area contributed by atoms with Crippen molar-refractivity contribution in [1.82, 2.24) is 14.5 Å². The van der Waals surface area contributed by atoms with Crippen LogP contribution in [0.5, 0.6) is 11.5 Å². The molecule has 0 spiro atoms. The lowest BCUT2D eigenvalue weighted by Gasteiger charge is -2.37. The normalized spacial score (nSPS) is 14.4. The molecule has 31 heavy (non-hydrogen) atoms. The zero-order chi connectivity index (χ0) is 21.8. The fourth-order valence-corrected chi connectivity index (χ4v) is 4.02. The van der Waals surface area contributed by atoms with Crippen LogP contribution in [0.2, 0.25) is 0 Å². The maximum absolute atomic E-state index is 13.1. The molecule has 2 aromatic carbocycles. The number of imidazole rings is 1. The van der Waals surface area contributed by atoms with Crippen molar-refractivity contribution in [2.45, 2.75) is 18.9 Å². The molecule has 0 unspecified atom stereocenters. The first-order chi connectivity index (χ1) is 15.1. The lowest BCUT2D eigenvalue weighted by molar-refractivity contribution is 0.181. The van der Waals surface area contributed by atoms with Crippen molar-refractivity contribution < 1.29 is 14.3 Å². The van der Waals surface area contributed by atoms with Gasteiger partial charge in [-0.15, -0.1) is 0 Å². The summed E-state index contributed by atoms with van der Waals surface area (Å²) in [6.07, 6.45) is 5.20. The Morgan fingerprint density at radius 2 is 1.68 bits per heavy atom. The SMILES string of the molecule is COc1cc(OC)cc(-c2cn(C(=O)N(C)C3CCN(c4ccccc4)CC3)cn2)c1. The van der Waals surface area contributed by atoms with Gasteiger partial charge in [-0.2, -0.15) is 0 Å².